The molecule has 0 atom stereocenters. The molecule has 0 aliphatic heterocycles. The molecular formula is C14H16N2O5. The van der Waals surface area contributed by atoms with Crippen molar-refractivity contribution in [3.05, 3.63) is 34.6 Å². The van der Waals surface area contributed by atoms with Gasteiger partial charge in [0.05, 0.1) is 26.3 Å². The highest BCUT2D eigenvalue weighted by Gasteiger charge is 2.23. The molecule has 7 heteroatoms. The first-order valence-corrected chi connectivity index (χ1v) is 6.55. The standard InChI is InChI=1S/C14H16N2O5/c1-3-4-6-20-12-9(17)5-7-21-13(12)10-11(14(18)19-2)16-8-15-10/h5,7-8H,3-4,6H2,1-2H3,(H,15,16). The molecule has 7 nitrogen and oxygen atoms in total. The Morgan fingerprint density at radius 1 is 1.48 bits per heavy atom. The number of ether oxygens (including phenoxy) is 2. The fourth-order valence-corrected chi connectivity index (χ4v) is 1.75. The molecule has 21 heavy (non-hydrogen) atoms. The van der Waals surface area contributed by atoms with Gasteiger partial charge in [0.1, 0.15) is 5.69 Å². The number of aromatic amines is 1. The Kier molecular flexibility index (Phi) is 4.76. The first-order chi connectivity index (χ1) is 10.2. The van der Waals surface area contributed by atoms with Crippen LogP contribution in [0.25, 0.3) is 11.5 Å². The van der Waals surface area contributed by atoms with Crippen LogP contribution in [0.3, 0.4) is 0 Å². The predicted molar refractivity (Wildman–Crippen MR) is 74.3 cm³/mol. The number of rotatable bonds is 6. The van der Waals surface area contributed by atoms with Crippen molar-refractivity contribution in [1.29, 1.82) is 0 Å². The summed E-state index contributed by atoms with van der Waals surface area (Å²) in [4.78, 5) is 30.3. The summed E-state index contributed by atoms with van der Waals surface area (Å²) in [5, 5.41) is 0. The van der Waals surface area contributed by atoms with Crippen molar-refractivity contribution in [3.8, 4) is 17.2 Å². The number of nitrogens with one attached hydrogen (secondary N) is 1. The maximum Gasteiger partial charge on any atom is 0.356 e. The van der Waals surface area contributed by atoms with E-state index in [0.717, 1.165) is 12.8 Å². The van der Waals surface area contributed by atoms with E-state index in [1.54, 1.807) is 0 Å². The molecule has 112 valence electrons. The van der Waals surface area contributed by atoms with Gasteiger partial charge in [-0.05, 0) is 6.42 Å². The van der Waals surface area contributed by atoms with Crippen LogP contribution in [-0.4, -0.2) is 29.7 Å². The first kappa shape index (κ1) is 14.8. The lowest BCUT2D eigenvalue weighted by Gasteiger charge is -2.08. The normalized spacial score (nSPS) is 10.4. The number of carbonyl (C=O) groups excluding carboxylic acids is 1. The number of aromatic nitrogens is 2. The topological polar surface area (TPSA) is 94.4 Å². The number of carbonyl (C=O) groups is 1. The molecule has 0 fully saturated rings. The van der Waals surface area contributed by atoms with E-state index >= 15 is 0 Å². The van der Waals surface area contributed by atoms with Crippen molar-refractivity contribution >= 4 is 5.97 Å². The highest BCUT2D eigenvalue weighted by atomic mass is 16.5. The van der Waals surface area contributed by atoms with Crippen LogP contribution in [0.15, 0.2) is 27.9 Å². The number of unbranched alkanes of at least 4 members (excludes halogenated alkanes) is 1. The summed E-state index contributed by atoms with van der Waals surface area (Å²) >= 11 is 0. The minimum absolute atomic E-state index is 0.0446. The number of imidazole rings is 1. The van der Waals surface area contributed by atoms with Crippen molar-refractivity contribution in [2.45, 2.75) is 19.8 Å². The number of hydrogen-bond donors (Lipinski definition) is 1. The quantitative estimate of drug-likeness (QED) is 0.646. The molecule has 0 aliphatic carbocycles. The molecule has 2 aromatic rings. The van der Waals surface area contributed by atoms with Crippen LogP contribution in [-0.2, 0) is 4.74 Å². The number of nitrogens with zero attached hydrogens (tertiary/aromatic N) is 1. The molecule has 0 saturated carbocycles. The predicted octanol–water partition coefficient (Wildman–Crippen LogP) is 2.00. The number of hydrogen-bond acceptors (Lipinski definition) is 6. The van der Waals surface area contributed by atoms with Crippen molar-refractivity contribution < 1.29 is 18.7 Å². The average Bonchev–Trinajstić information content (AvgIpc) is 2.97. The minimum Gasteiger partial charge on any atom is -0.486 e. The monoisotopic (exact) mass is 292 g/mol. The Bertz CT molecular complexity index is 674. The van der Waals surface area contributed by atoms with Gasteiger partial charge in [0.15, 0.2) is 5.69 Å². The van der Waals surface area contributed by atoms with Gasteiger partial charge >= 0.3 is 5.97 Å². The summed E-state index contributed by atoms with van der Waals surface area (Å²) in [5.41, 5.74) is -0.0376. The zero-order valence-corrected chi connectivity index (χ0v) is 11.8. The number of methoxy groups -OCH3 is 1. The van der Waals surface area contributed by atoms with Crippen LogP contribution in [0.2, 0.25) is 0 Å². The molecule has 0 bridgehead atoms. The first-order valence-electron chi connectivity index (χ1n) is 6.55. The fourth-order valence-electron chi connectivity index (χ4n) is 1.75. The minimum atomic E-state index is -0.603. The van der Waals surface area contributed by atoms with Gasteiger partial charge in [0.2, 0.25) is 16.9 Å². The zero-order valence-electron chi connectivity index (χ0n) is 11.8. The Morgan fingerprint density at radius 3 is 3.00 bits per heavy atom. The maximum atomic E-state index is 11.9. The Morgan fingerprint density at radius 2 is 2.29 bits per heavy atom. The van der Waals surface area contributed by atoms with E-state index in [4.69, 9.17) is 9.15 Å². The lowest BCUT2D eigenvalue weighted by Crippen LogP contribution is -2.11. The highest BCUT2D eigenvalue weighted by molar-refractivity contribution is 5.93. The van der Waals surface area contributed by atoms with Crippen LogP contribution < -0.4 is 10.2 Å². The maximum absolute atomic E-state index is 11.9. The lowest BCUT2D eigenvalue weighted by atomic mass is 10.2. The van der Waals surface area contributed by atoms with E-state index in [1.807, 2.05) is 6.92 Å². The zero-order chi connectivity index (χ0) is 15.2. The van der Waals surface area contributed by atoms with Gasteiger partial charge in [-0.1, -0.05) is 13.3 Å². The summed E-state index contributed by atoms with van der Waals surface area (Å²) in [5.74, 6) is -0.447. The second-order valence-electron chi connectivity index (χ2n) is 4.26. The Labute approximate surface area is 120 Å². The van der Waals surface area contributed by atoms with Crippen LogP contribution in [0.5, 0.6) is 5.75 Å². The van der Waals surface area contributed by atoms with Gasteiger partial charge in [-0.25, -0.2) is 9.78 Å². The van der Waals surface area contributed by atoms with Gasteiger partial charge < -0.3 is 18.9 Å². The second-order valence-corrected chi connectivity index (χ2v) is 4.26. The average molecular weight is 292 g/mol. The van der Waals surface area contributed by atoms with Crippen molar-refractivity contribution in [3.63, 3.8) is 0 Å². The largest absolute Gasteiger partial charge is 0.486 e. The molecule has 0 aliphatic rings. The summed E-state index contributed by atoms with van der Waals surface area (Å²) in [7, 11) is 1.26. The van der Waals surface area contributed by atoms with Gasteiger partial charge in [-0.3, -0.25) is 4.79 Å². The van der Waals surface area contributed by atoms with Crippen LogP contribution in [0, 0.1) is 0 Å². The molecule has 0 unspecified atom stereocenters. The SMILES string of the molecule is CCCCOc1c(-c2nc[nH]c2C(=O)OC)occc1=O. The summed E-state index contributed by atoms with van der Waals surface area (Å²) in [6.45, 7) is 2.40. The third-order valence-electron chi connectivity index (χ3n) is 2.82. The molecule has 2 aromatic heterocycles. The van der Waals surface area contributed by atoms with E-state index in [1.165, 1.54) is 25.8 Å². The summed E-state index contributed by atoms with van der Waals surface area (Å²) < 4.78 is 15.5. The summed E-state index contributed by atoms with van der Waals surface area (Å²) in [6, 6.07) is 1.26. The van der Waals surface area contributed by atoms with E-state index in [-0.39, 0.29) is 28.3 Å². The van der Waals surface area contributed by atoms with Gasteiger partial charge in [-0.2, -0.15) is 0 Å². The van der Waals surface area contributed by atoms with Gasteiger partial charge in [-0.15, -0.1) is 0 Å². The van der Waals surface area contributed by atoms with Crippen molar-refractivity contribution in [1.82, 2.24) is 9.97 Å². The van der Waals surface area contributed by atoms with Crippen molar-refractivity contribution in [2.24, 2.45) is 0 Å². The van der Waals surface area contributed by atoms with Crippen molar-refractivity contribution in [2.75, 3.05) is 13.7 Å². The van der Waals surface area contributed by atoms with Gasteiger partial charge in [0.25, 0.3) is 0 Å². The molecule has 0 aromatic carbocycles. The molecule has 0 radical (unpaired) electrons. The molecule has 1 N–H and O–H groups in total. The Balaban J connectivity index is 2.44. The van der Waals surface area contributed by atoms with E-state index in [0.29, 0.717) is 6.61 Å². The molecule has 0 saturated heterocycles. The molecule has 0 amide bonds. The number of H-pyrrole nitrogens is 1. The molecule has 2 rings (SSSR count). The Hall–Kier alpha value is -2.57. The number of esters is 1. The van der Waals surface area contributed by atoms with Crippen LogP contribution in [0.1, 0.15) is 30.3 Å². The fraction of sp³-hybridized carbons (Fsp3) is 0.357. The molecule has 2 heterocycles. The molecular weight excluding hydrogens is 276 g/mol. The highest BCUT2D eigenvalue weighted by Crippen LogP contribution is 2.28. The summed E-state index contributed by atoms with van der Waals surface area (Å²) in [6.07, 6.45) is 4.30. The van der Waals surface area contributed by atoms with E-state index in [9.17, 15) is 9.59 Å². The van der Waals surface area contributed by atoms with Crippen LogP contribution >= 0.6 is 0 Å². The molecule has 0 spiro atoms. The smallest absolute Gasteiger partial charge is 0.356 e. The third kappa shape index (κ3) is 3.13. The van der Waals surface area contributed by atoms with Gasteiger partial charge in [0, 0.05) is 6.07 Å². The van der Waals surface area contributed by atoms with E-state index in [2.05, 4.69) is 14.7 Å². The lowest BCUT2D eigenvalue weighted by molar-refractivity contribution is 0.0595. The second kappa shape index (κ2) is 6.74. The van der Waals surface area contributed by atoms with Crippen LogP contribution in [0.4, 0.5) is 0 Å². The van der Waals surface area contributed by atoms with E-state index < -0.39 is 5.97 Å². The third-order valence-corrected chi connectivity index (χ3v) is 2.82.